The molecule has 0 aliphatic carbocycles. The third-order valence-electron chi connectivity index (χ3n) is 3.71. The molecule has 0 N–H and O–H groups in total. The second kappa shape index (κ2) is 3.26. The van der Waals surface area contributed by atoms with Crippen LogP contribution < -0.4 is 0 Å². The van der Waals surface area contributed by atoms with Gasteiger partial charge in [0.25, 0.3) is 0 Å². The zero-order chi connectivity index (χ0) is 11.3. The Morgan fingerprint density at radius 1 is 1.20 bits per heavy atom. The topological polar surface area (TPSA) is 21.7 Å². The molecule has 2 rings (SSSR count). The molecule has 84 valence electrons. The zero-order valence-electron chi connectivity index (χ0n) is 10.3. The van der Waals surface area contributed by atoms with Gasteiger partial charge in [-0.05, 0) is 33.9 Å². The predicted octanol–water partition coefficient (Wildman–Crippen LogP) is 1.91. The van der Waals surface area contributed by atoms with Crippen LogP contribution in [0.3, 0.4) is 0 Å². The Balaban J connectivity index is 2.07. The smallest absolute Gasteiger partial charge is 0.403 e. The molecule has 0 bridgehead atoms. The second-order valence-corrected chi connectivity index (χ2v) is 5.57. The van der Waals surface area contributed by atoms with Gasteiger partial charge in [-0.2, -0.15) is 0 Å². The SMILES string of the molecule is CN1C=C[C@H](B2OC(C)(C)C(C)(C)O2)C1. The first kappa shape index (κ1) is 11.0. The van der Waals surface area contributed by atoms with Crippen molar-refractivity contribution in [1.82, 2.24) is 4.90 Å². The van der Waals surface area contributed by atoms with Crippen LogP contribution in [0, 0.1) is 0 Å². The van der Waals surface area contributed by atoms with Gasteiger partial charge in [0.1, 0.15) is 0 Å². The fourth-order valence-corrected chi connectivity index (χ4v) is 1.95. The number of nitrogens with zero attached hydrogens (tertiary/aromatic N) is 1. The average Bonchev–Trinajstić information content (AvgIpc) is 2.56. The molecule has 0 unspecified atom stereocenters. The normalized spacial score (nSPS) is 32.7. The molecule has 1 saturated heterocycles. The van der Waals surface area contributed by atoms with E-state index in [1.807, 2.05) is 0 Å². The highest BCUT2D eigenvalue weighted by molar-refractivity contribution is 6.48. The Bertz CT molecular complexity index is 272. The van der Waals surface area contributed by atoms with Crippen LogP contribution in [-0.4, -0.2) is 36.8 Å². The molecule has 1 fully saturated rings. The fourth-order valence-electron chi connectivity index (χ4n) is 1.95. The van der Waals surface area contributed by atoms with Crippen molar-refractivity contribution in [2.24, 2.45) is 0 Å². The minimum absolute atomic E-state index is 0.101. The van der Waals surface area contributed by atoms with Crippen LogP contribution in [0.4, 0.5) is 0 Å². The lowest BCUT2D eigenvalue weighted by Gasteiger charge is -2.32. The van der Waals surface area contributed by atoms with Crippen molar-refractivity contribution in [2.45, 2.75) is 44.7 Å². The molecular weight excluding hydrogens is 189 g/mol. The Kier molecular flexibility index (Phi) is 2.39. The standard InChI is InChI=1S/C11H20BNO2/c1-10(2)11(3,4)15-12(14-10)9-6-7-13(5)8-9/h6-7,9H,8H2,1-5H3/t9-/m0/s1. The van der Waals surface area contributed by atoms with Crippen LogP contribution in [0.25, 0.3) is 0 Å². The molecule has 0 saturated carbocycles. The Hall–Kier alpha value is -0.475. The van der Waals surface area contributed by atoms with Crippen molar-refractivity contribution in [1.29, 1.82) is 0 Å². The molecule has 2 heterocycles. The predicted molar refractivity (Wildman–Crippen MR) is 61.6 cm³/mol. The lowest BCUT2D eigenvalue weighted by molar-refractivity contribution is 0.00578. The maximum Gasteiger partial charge on any atom is 0.467 e. The molecule has 0 aromatic rings. The lowest BCUT2D eigenvalue weighted by atomic mass is 9.72. The van der Waals surface area contributed by atoms with Gasteiger partial charge in [-0.1, -0.05) is 6.08 Å². The van der Waals surface area contributed by atoms with Gasteiger partial charge < -0.3 is 14.2 Å². The zero-order valence-corrected chi connectivity index (χ0v) is 10.3. The number of hydrogen-bond acceptors (Lipinski definition) is 3. The van der Waals surface area contributed by atoms with Crippen molar-refractivity contribution in [2.75, 3.05) is 13.6 Å². The van der Waals surface area contributed by atoms with Gasteiger partial charge in [0.15, 0.2) is 0 Å². The summed E-state index contributed by atoms with van der Waals surface area (Å²) in [6, 6.07) is 0. The molecule has 3 nitrogen and oxygen atoms in total. The van der Waals surface area contributed by atoms with Crippen LogP contribution in [0.15, 0.2) is 12.3 Å². The van der Waals surface area contributed by atoms with Gasteiger partial charge in [-0.15, -0.1) is 0 Å². The van der Waals surface area contributed by atoms with E-state index in [-0.39, 0.29) is 18.3 Å². The summed E-state index contributed by atoms with van der Waals surface area (Å²) in [5, 5.41) is 0. The van der Waals surface area contributed by atoms with Crippen molar-refractivity contribution in [3.63, 3.8) is 0 Å². The van der Waals surface area contributed by atoms with Crippen LogP contribution in [0.2, 0.25) is 5.82 Å². The van der Waals surface area contributed by atoms with Crippen molar-refractivity contribution in [3.05, 3.63) is 12.3 Å². The molecule has 4 heteroatoms. The quantitative estimate of drug-likeness (QED) is 0.615. The van der Waals surface area contributed by atoms with E-state index in [1.165, 1.54) is 0 Å². The van der Waals surface area contributed by atoms with Gasteiger partial charge >= 0.3 is 7.12 Å². The summed E-state index contributed by atoms with van der Waals surface area (Å²) in [6.07, 6.45) is 4.26. The Morgan fingerprint density at radius 2 is 1.73 bits per heavy atom. The van der Waals surface area contributed by atoms with E-state index in [1.54, 1.807) is 0 Å². The van der Waals surface area contributed by atoms with Gasteiger partial charge in [0.05, 0.1) is 11.2 Å². The molecule has 0 aromatic heterocycles. The Labute approximate surface area is 92.6 Å². The monoisotopic (exact) mass is 209 g/mol. The van der Waals surface area contributed by atoms with Crippen molar-refractivity contribution < 1.29 is 9.31 Å². The molecule has 2 aliphatic heterocycles. The van der Waals surface area contributed by atoms with E-state index in [0.29, 0.717) is 5.82 Å². The first-order valence-electron chi connectivity index (χ1n) is 5.56. The second-order valence-electron chi connectivity index (χ2n) is 5.57. The molecule has 1 atom stereocenters. The maximum absolute atomic E-state index is 6.00. The highest BCUT2D eigenvalue weighted by atomic mass is 16.7. The minimum atomic E-state index is -0.216. The van der Waals surface area contributed by atoms with Gasteiger partial charge in [0.2, 0.25) is 0 Å². The van der Waals surface area contributed by atoms with E-state index in [4.69, 9.17) is 9.31 Å². The maximum atomic E-state index is 6.00. The highest BCUT2D eigenvalue weighted by Gasteiger charge is 2.53. The summed E-state index contributed by atoms with van der Waals surface area (Å²) < 4.78 is 12.0. The van der Waals surface area contributed by atoms with Crippen molar-refractivity contribution >= 4 is 7.12 Å². The lowest BCUT2D eigenvalue weighted by Crippen LogP contribution is -2.41. The van der Waals surface area contributed by atoms with E-state index in [0.717, 1.165) is 6.54 Å². The summed E-state index contributed by atoms with van der Waals surface area (Å²) in [6.45, 7) is 9.35. The summed E-state index contributed by atoms with van der Waals surface area (Å²) >= 11 is 0. The average molecular weight is 209 g/mol. The van der Waals surface area contributed by atoms with Crippen LogP contribution in [0.1, 0.15) is 27.7 Å². The van der Waals surface area contributed by atoms with Crippen LogP contribution >= 0.6 is 0 Å². The largest absolute Gasteiger partial charge is 0.467 e. The molecule has 0 radical (unpaired) electrons. The first-order valence-corrected chi connectivity index (χ1v) is 5.56. The van der Waals surface area contributed by atoms with Gasteiger partial charge in [-0.25, -0.2) is 0 Å². The third-order valence-corrected chi connectivity index (χ3v) is 3.71. The van der Waals surface area contributed by atoms with Crippen LogP contribution in [0.5, 0.6) is 0 Å². The molecule has 0 spiro atoms. The highest BCUT2D eigenvalue weighted by Crippen LogP contribution is 2.41. The third kappa shape index (κ3) is 1.81. The molecule has 15 heavy (non-hydrogen) atoms. The summed E-state index contributed by atoms with van der Waals surface area (Å²) in [4.78, 5) is 2.16. The molecular formula is C11H20BNO2. The summed E-state index contributed by atoms with van der Waals surface area (Å²) in [7, 11) is 1.97. The minimum Gasteiger partial charge on any atom is -0.403 e. The number of rotatable bonds is 1. The molecule has 0 amide bonds. The molecule has 2 aliphatic rings. The molecule has 0 aromatic carbocycles. The van der Waals surface area contributed by atoms with E-state index < -0.39 is 0 Å². The fraction of sp³-hybridized carbons (Fsp3) is 0.818. The van der Waals surface area contributed by atoms with E-state index >= 15 is 0 Å². The summed E-state index contributed by atoms with van der Waals surface area (Å²) in [5.41, 5.74) is -0.431. The Morgan fingerprint density at radius 3 is 2.13 bits per heavy atom. The number of hydrogen-bond donors (Lipinski definition) is 0. The first-order chi connectivity index (χ1) is 6.82. The van der Waals surface area contributed by atoms with Crippen molar-refractivity contribution in [3.8, 4) is 0 Å². The van der Waals surface area contributed by atoms with Gasteiger partial charge in [0, 0.05) is 19.4 Å². The van der Waals surface area contributed by atoms with Gasteiger partial charge in [-0.3, -0.25) is 0 Å². The van der Waals surface area contributed by atoms with E-state index in [2.05, 4.69) is 51.9 Å². The van der Waals surface area contributed by atoms with E-state index in [9.17, 15) is 0 Å². The summed E-state index contributed by atoms with van der Waals surface area (Å²) in [5.74, 6) is 0.357. The van der Waals surface area contributed by atoms with Crippen LogP contribution in [-0.2, 0) is 9.31 Å².